The largest absolute Gasteiger partial charge is 0.368 e. The van der Waals surface area contributed by atoms with Crippen LogP contribution >= 0.6 is 0 Å². The highest BCUT2D eigenvalue weighted by Crippen LogP contribution is 2.47. The van der Waals surface area contributed by atoms with E-state index in [4.69, 9.17) is 14.2 Å². The van der Waals surface area contributed by atoms with Crippen LogP contribution in [0.1, 0.15) is 52.5 Å². The van der Waals surface area contributed by atoms with Gasteiger partial charge in [-0.05, 0) is 65.6 Å². The van der Waals surface area contributed by atoms with Crippen molar-refractivity contribution in [2.45, 2.75) is 56.5 Å². The quantitative estimate of drug-likeness (QED) is 0.387. The zero-order chi connectivity index (χ0) is 29.3. The summed E-state index contributed by atoms with van der Waals surface area (Å²) in [5.41, 5.74) is 6.21. The molecule has 218 valence electrons. The summed E-state index contributed by atoms with van der Waals surface area (Å²) in [4.78, 5) is 41.6. The molecule has 1 spiro atoms. The van der Waals surface area contributed by atoms with Crippen LogP contribution in [0.15, 0.2) is 66.7 Å². The molecule has 1 N–H and O–H groups in total. The summed E-state index contributed by atoms with van der Waals surface area (Å²) < 4.78 is 16.6. The number of amides is 2. The molecule has 8 nitrogen and oxygen atoms in total. The van der Waals surface area contributed by atoms with E-state index in [9.17, 15) is 14.4 Å². The molecule has 0 saturated carbocycles. The van der Waals surface area contributed by atoms with E-state index in [0.717, 1.165) is 39.8 Å². The average Bonchev–Trinajstić information content (AvgIpc) is 3.72. The first-order valence-corrected chi connectivity index (χ1v) is 14.5. The Bertz CT molecular complexity index is 1510. The number of carbonyl (C=O) groups is 3. The molecule has 3 aliphatic rings. The Balaban J connectivity index is 1.19. The summed E-state index contributed by atoms with van der Waals surface area (Å²) in [6.45, 7) is 0.607. The summed E-state index contributed by atoms with van der Waals surface area (Å²) in [5.74, 6) is -0.250. The van der Waals surface area contributed by atoms with Crippen LogP contribution in [0.4, 0.5) is 5.69 Å². The summed E-state index contributed by atoms with van der Waals surface area (Å²) in [5, 5.41) is 2.99. The lowest BCUT2D eigenvalue weighted by Gasteiger charge is -2.27. The summed E-state index contributed by atoms with van der Waals surface area (Å²) in [6.07, 6.45) is 2.07. The Morgan fingerprint density at radius 2 is 1.76 bits per heavy atom. The van der Waals surface area contributed by atoms with Crippen LogP contribution in [0.5, 0.6) is 0 Å². The number of Topliss-reactive ketones (excluding diaryl/α,β-unsaturated/α-hetero) is 1. The van der Waals surface area contributed by atoms with Gasteiger partial charge in [-0.25, -0.2) is 0 Å². The third-order valence-corrected chi connectivity index (χ3v) is 8.84. The molecule has 1 aliphatic heterocycles. The fourth-order valence-corrected chi connectivity index (χ4v) is 6.80. The second kappa shape index (κ2) is 11.8. The zero-order valence-electron chi connectivity index (χ0n) is 24.1. The summed E-state index contributed by atoms with van der Waals surface area (Å²) in [7, 11) is 3.13. The Hall–Kier alpha value is -3.85. The lowest BCUT2D eigenvalue weighted by Crippen LogP contribution is -2.43. The van der Waals surface area contributed by atoms with Gasteiger partial charge in [0.25, 0.3) is 5.91 Å². The third kappa shape index (κ3) is 5.26. The molecular weight excluding hydrogens is 532 g/mol. The summed E-state index contributed by atoms with van der Waals surface area (Å²) >= 11 is 0. The molecule has 2 amide bonds. The van der Waals surface area contributed by atoms with Crippen molar-refractivity contribution in [2.24, 2.45) is 0 Å². The molecule has 2 aliphatic carbocycles. The first-order chi connectivity index (χ1) is 20.4. The molecule has 2 atom stereocenters. The monoisotopic (exact) mass is 568 g/mol. The van der Waals surface area contributed by atoms with Gasteiger partial charge in [-0.15, -0.1) is 0 Å². The highest BCUT2D eigenvalue weighted by Gasteiger charge is 2.49. The van der Waals surface area contributed by atoms with Crippen molar-refractivity contribution in [1.82, 2.24) is 4.90 Å². The van der Waals surface area contributed by atoms with Crippen LogP contribution in [0.25, 0.3) is 0 Å². The van der Waals surface area contributed by atoms with E-state index in [1.54, 1.807) is 19.1 Å². The zero-order valence-corrected chi connectivity index (χ0v) is 24.1. The molecule has 0 aromatic heterocycles. The minimum atomic E-state index is -0.594. The van der Waals surface area contributed by atoms with Gasteiger partial charge < -0.3 is 24.4 Å². The van der Waals surface area contributed by atoms with Crippen molar-refractivity contribution < 1.29 is 28.6 Å². The normalized spacial score (nSPS) is 20.6. The van der Waals surface area contributed by atoms with Crippen LogP contribution in [0.3, 0.4) is 0 Å². The standard InChI is InChI=1S/C34H36N2O6/c1-40-33(41-2)27-10-5-3-9-24(27)20-36(32(39)29-12-7-15-42-29)21-31(38)35-26-14-13-23-18-34(19-25(23)16-26)28-11-6-4-8-22(28)17-30(34)37/h3-6,8-11,13-14,16,29,33H,7,12,15,17-21H2,1-2H3,(H,35,38). The van der Waals surface area contributed by atoms with E-state index < -0.39 is 17.8 Å². The SMILES string of the molecule is COC(OC)c1ccccc1CN(CC(=O)Nc1ccc2c(c1)CC1(C2)C(=O)Cc2ccccc21)C(=O)C1CCCO1. The molecule has 1 fully saturated rings. The number of hydrogen-bond donors (Lipinski definition) is 1. The highest BCUT2D eigenvalue weighted by atomic mass is 16.7. The Morgan fingerprint density at radius 3 is 2.55 bits per heavy atom. The predicted molar refractivity (Wildman–Crippen MR) is 157 cm³/mol. The van der Waals surface area contributed by atoms with Crippen LogP contribution < -0.4 is 5.32 Å². The number of ether oxygens (including phenoxy) is 3. The predicted octanol–water partition coefficient (Wildman–Crippen LogP) is 4.29. The number of carbonyl (C=O) groups excluding carboxylic acids is 3. The number of ketones is 1. The molecule has 2 unspecified atom stereocenters. The molecule has 0 radical (unpaired) electrons. The van der Waals surface area contributed by atoms with Crippen molar-refractivity contribution in [3.63, 3.8) is 0 Å². The molecule has 3 aromatic rings. The summed E-state index contributed by atoms with van der Waals surface area (Å²) in [6, 6.07) is 21.6. The molecule has 6 rings (SSSR count). The third-order valence-electron chi connectivity index (χ3n) is 8.84. The van der Waals surface area contributed by atoms with E-state index in [1.807, 2.05) is 60.7 Å². The first-order valence-electron chi connectivity index (χ1n) is 14.5. The first kappa shape index (κ1) is 28.3. The van der Waals surface area contributed by atoms with Crippen molar-refractivity contribution in [1.29, 1.82) is 0 Å². The second-order valence-corrected chi connectivity index (χ2v) is 11.4. The van der Waals surface area contributed by atoms with E-state index in [2.05, 4.69) is 11.4 Å². The van der Waals surface area contributed by atoms with Gasteiger partial charge in [0.05, 0.1) is 5.41 Å². The Labute approximate surface area is 246 Å². The topological polar surface area (TPSA) is 94.2 Å². The van der Waals surface area contributed by atoms with E-state index in [0.29, 0.717) is 38.0 Å². The second-order valence-electron chi connectivity index (χ2n) is 11.4. The Kier molecular flexibility index (Phi) is 7.94. The average molecular weight is 569 g/mol. The molecular formula is C34H36N2O6. The maximum atomic E-state index is 13.5. The van der Waals surface area contributed by atoms with Crippen LogP contribution in [0, 0.1) is 0 Å². The molecule has 1 heterocycles. The minimum Gasteiger partial charge on any atom is -0.368 e. The Morgan fingerprint density at radius 1 is 1.00 bits per heavy atom. The van der Waals surface area contributed by atoms with Crippen molar-refractivity contribution >= 4 is 23.3 Å². The van der Waals surface area contributed by atoms with Crippen LogP contribution in [-0.2, 0) is 59.8 Å². The molecule has 42 heavy (non-hydrogen) atoms. The number of anilines is 1. The van der Waals surface area contributed by atoms with Gasteiger partial charge >= 0.3 is 0 Å². The van der Waals surface area contributed by atoms with Crippen molar-refractivity contribution in [3.05, 3.63) is 100 Å². The molecule has 1 saturated heterocycles. The van der Waals surface area contributed by atoms with Gasteiger partial charge in [0.15, 0.2) is 6.29 Å². The number of nitrogens with zero attached hydrogens (tertiary/aromatic N) is 1. The van der Waals surface area contributed by atoms with Gasteiger partial charge in [0.1, 0.15) is 18.4 Å². The van der Waals surface area contributed by atoms with Crippen molar-refractivity contribution in [2.75, 3.05) is 32.7 Å². The number of nitrogens with one attached hydrogen (secondary N) is 1. The smallest absolute Gasteiger partial charge is 0.252 e. The van der Waals surface area contributed by atoms with Gasteiger partial charge in [0, 0.05) is 45.0 Å². The molecule has 3 aromatic carbocycles. The number of fused-ring (bicyclic) bond motifs is 3. The number of hydrogen-bond acceptors (Lipinski definition) is 6. The van der Waals surface area contributed by atoms with Gasteiger partial charge in [0.2, 0.25) is 5.91 Å². The maximum absolute atomic E-state index is 13.5. The van der Waals surface area contributed by atoms with Gasteiger partial charge in [-0.1, -0.05) is 54.6 Å². The number of rotatable bonds is 9. The van der Waals surface area contributed by atoms with E-state index in [-0.39, 0.29) is 30.7 Å². The van der Waals surface area contributed by atoms with Crippen LogP contribution in [-0.4, -0.2) is 56.0 Å². The van der Waals surface area contributed by atoms with Gasteiger partial charge in [-0.2, -0.15) is 0 Å². The molecule has 0 bridgehead atoms. The van der Waals surface area contributed by atoms with Crippen LogP contribution in [0.2, 0.25) is 0 Å². The number of benzene rings is 3. The highest BCUT2D eigenvalue weighted by molar-refractivity contribution is 5.98. The lowest BCUT2D eigenvalue weighted by atomic mass is 9.78. The fraction of sp³-hybridized carbons (Fsp3) is 0.382. The lowest BCUT2D eigenvalue weighted by molar-refractivity contribution is -0.144. The van der Waals surface area contributed by atoms with E-state index >= 15 is 0 Å². The number of methoxy groups -OCH3 is 2. The molecule has 8 heteroatoms. The maximum Gasteiger partial charge on any atom is 0.252 e. The van der Waals surface area contributed by atoms with E-state index in [1.165, 1.54) is 0 Å². The fourth-order valence-electron chi connectivity index (χ4n) is 6.80. The van der Waals surface area contributed by atoms with Gasteiger partial charge in [-0.3, -0.25) is 14.4 Å². The minimum absolute atomic E-state index is 0.134. The van der Waals surface area contributed by atoms with Crippen molar-refractivity contribution in [3.8, 4) is 0 Å².